The van der Waals surface area contributed by atoms with Crippen molar-refractivity contribution in [2.24, 2.45) is 0 Å². The van der Waals surface area contributed by atoms with E-state index in [0.717, 1.165) is 0 Å². The molecule has 3 nitrogen and oxygen atoms in total. The molecular formula is C20H18F3NaO3S2. The number of alkyl halides is 3. The first-order valence-corrected chi connectivity index (χ1v) is 10.4. The normalized spacial score (nSPS) is 11.2. The third kappa shape index (κ3) is 8.54. The van der Waals surface area contributed by atoms with Gasteiger partial charge in [0.15, 0.2) is 0 Å². The Morgan fingerprint density at radius 1 is 0.759 bits per heavy atom. The summed E-state index contributed by atoms with van der Waals surface area (Å²) in [5.74, 6) is 0. The average molecular weight is 450 g/mol. The van der Waals surface area contributed by atoms with Crippen molar-refractivity contribution in [3.8, 4) is 0 Å². The summed E-state index contributed by atoms with van der Waals surface area (Å²) in [6, 6.07) is 32.0. The first-order chi connectivity index (χ1) is 13.2. The third-order valence-corrected chi connectivity index (χ3v) is 5.40. The summed E-state index contributed by atoms with van der Waals surface area (Å²) < 4.78 is 57.5. The van der Waals surface area contributed by atoms with E-state index in [1.807, 2.05) is 11.8 Å². The Hall–Kier alpha value is -1.29. The zero-order valence-corrected chi connectivity index (χ0v) is 19.1. The molecule has 0 unspecified atom stereocenters. The minimum absolute atomic E-state index is 0. The van der Waals surface area contributed by atoms with E-state index in [-0.39, 0.29) is 31.0 Å². The van der Waals surface area contributed by atoms with Gasteiger partial charge in [-0.2, -0.15) is 21.6 Å². The Balaban J connectivity index is 0.000000730. The molecule has 0 atom stereocenters. The molecule has 150 valence electrons. The van der Waals surface area contributed by atoms with Crippen molar-refractivity contribution in [3.63, 3.8) is 0 Å². The summed E-state index contributed by atoms with van der Waals surface area (Å²) in [5.41, 5.74) is -2.85. The maximum atomic E-state index is 10.7. The van der Waals surface area contributed by atoms with Gasteiger partial charge in [0, 0.05) is 4.90 Å². The topological polar surface area (TPSA) is 54.4 Å². The second kappa shape index (κ2) is 11.8. The number of hydrogen-bond donors (Lipinski definition) is 1. The van der Waals surface area contributed by atoms with Crippen LogP contribution in [0.3, 0.4) is 0 Å². The summed E-state index contributed by atoms with van der Waals surface area (Å²) in [7, 11) is -5.84. The van der Waals surface area contributed by atoms with Crippen LogP contribution in [0.4, 0.5) is 13.2 Å². The monoisotopic (exact) mass is 450 g/mol. The number of thioether (sulfide) groups is 1. The minimum Gasteiger partial charge on any atom is -1.00 e. The van der Waals surface area contributed by atoms with E-state index >= 15 is 0 Å². The van der Waals surface area contributed by atoms with E-state index in [0.29, 0.717) is 5.25 Å². The molecule has 0 spiro atoms. The van der Waals surface area contributed by atoms with Crippen LogP contribution in [0.1, 0.15) is 17.8 Å². The zero-order chi connectivity index (χ0) is 20.6. The largest absolute Gasteiger partial charge is 1.00 e. The Bertz CT molecular complexity index is 919. The number of benzene rings is 3. The summed E-state index contributed by atoms with van der Waals surface area (Å²) in [4.78, 5) is 1.30. The fourth-order valence-corrected chi connectivity index (χ4v) is 3.39. The smallest absolute Gasteiger partial charge is 1.00 e. The first-order valence-electron chi connectivity index (χ1n) is 8.04. The van der Waals surface area contributed by atoms with E-state index < -0.39 is 15.6 Å². The molecule has 0 saturated heterocycles. The van der Waals surface area contributed by atoms with Gasteiger partial charge in [0.2, 0.25) is 0 Å². The van der Waals surface area contributed by atoms with Crippen LogP contribution >= 0.6 is 11.8 Å². The molecule has 0 saturated carbocycles. The van der Waals surface area contributed by atoms with E-state index in [1.54, 1.807) is 0 Å². The maximum Gasteiger partial charge on any atom is 1.00 e. The van der Waals surface area contributed by atoms with Crippen LogP contribution in [-0.4, -0.2) is 18.5 Å². The summed E-state index contributed by atoms with van der Waals surface area (Å²) >= 11 is 1.89. The molecule has 0 aliphatic rings. The summed E-state index contributed by atoms with van der Waals surface area (Å²) in [6.45, 7) is 0. The van der Waals surface area contributed by atoms with Crippen molar-refractivity contribution < 1.29 is 57.1 Å². The molecule has 0 aromatic heterocycles. The molecule has 1 N–H and O–H groups in total. The van der Waals surface area contributed by atoms with Gasteiger partial charge < -0.3 is 1.43 Å². The molecule has 9 heteroatoms. The first kappa shape index (κ1) is 25.7. The molecule has 0 radical (unpaired) electrons. The third-order valence-electron chi connectivity index (χ3n) is 3.49. The van der Waals surface area contributed by atoms with E-state index in [4.69, 9.17) is 13.0 Å². The van der Waals surface area contributed by atoms with Crippen LogP contribution in [-0.2, 0) is 10.1 Å². The van der Waals surface area contributed by atoms with E-state index in [9.17, 15) is 13.2 Å². The van der Waals surface area contributed by atoms with Gasteiger partial charge in [-0.25, -0.2) is 0 Å². The molecular weight excluding hydrogens is 432 g/mol. The van der Waals surface area contributed by atoms with Crippen LogP contribution in [0.15, 0.2) is 95.9 Å². The second-order valence-electron chi connectivity index (χ2n) is 5.55. The van der Waals surface area contributed by atoms with Crippen molar-refractivity contribution >= 4 is 21.9 Å². The van der Waals surface area contributed by atoms with Crippen molar-refractivity contribution in [3.05, 3.63) is 102 Å². The zero-order valence-electron chi connectivity index (χ0n) is 16.5. The predicted molar refractivity (Wildman–Crippen MR) is 106 cm³/mol. The maximum absolute atomic E-state index is 10.7. The second-order valence-corrected chi connectivity index (χ2v) is 8.14. The molecule has 0 fully saturated rings. The van der Waals surface area contributed by atoms with Crippen LogP contribution in [0.25, 0.3) is 0 Å². The van der Waals surface area contributed by atoms with Gasteiger partial charge in [0.25, 0.3) is 0 Å². The van der Waals surface area contributed by atoms with Crippen molar-refractivity contribution in [2.45, 2.75) is 15.7 Å². The quantitative estimate of drug-likeness (QED) is 0.287. The molecule has 3 aromatic carbocycles. The number of hydrogen-bond acceptors (Lipinski definition) is 3. The van der Waals surface area contributed by atoms with Crippen LogP contribution in [0.2, 0.25) is 0 Å². The standard InChI is InChI=1S/C19H16S.CHF3O3S.Na.H/c1-4-10-16(11-5-1)19(17-12-6-2-7-13-17)20-18-14-8-3-9-15-18;2-1(3,4)8(5,6)7;;/h1-15,19H;(H,5,6,7);;/q;;+1;-1. The number of rotatable bonds is 4. The van der Waals surface area contributed by atoms with Crippen molar-refractivity contribution in [2.75, 3.05) is 0 Å². The molecule has 0 aliphatic carbocycles. The van der Waals surface area contributed by atoms with Crippen molar-refractivity contribution in [1.29, 1.82) is 0 Å². The average Bonchev–Trinajstić information content (AvgIpc) is 2.67. The van der Waals surface area contributed by atoms with E-state index in [2.05, 4.69) is 91.0 Å². The Morgan fingerprint density at radius 3 is 1.38 bits per heavy atom. The Kier molecular flexibility index (Phi) is 10.5. The van der Waals surface area contributed by atoms with Gasteiger partial charge in [-0.05, 0) is 23.3 Å². The summed E-state index contributed by atoms with van der Waals surface area (Å²) in [6.07, 6.45) is 0. The predicted octanol–water partition coefficient (Wildman–Crippen LogP) is 3.08. The fourth-order valence-electron chi connectivity index (χ4n) is 2.22. The van der Waals surface area contributed by atoms with Gasteiger partial charge >= 0.3 is 45.2 Å². The van der Waals surface area contributed by atoms with Gasteiger partial charge in [-0.3, -0.25) is 4.55 Å². The summed E-state index contributed by atoms with van der Waals surface area (Å²) in [5, 5.41) is 0.333. The van der Waals surface area contributed by atoms with Crippen LogP contribution in [0, 0.1) is 0 Å². The van der Waals surface area contributed by atoms with Crippen LogP contribution in [0.5, 0.6) is 0 Å². The molecule has 29 heavy (non-hydrogen) atoms. The molecule has 0 aliphatic heterocycles. The molecule has 0 amide bonds. The van der Waals surface area contributed by atoms with Crippen LogP contribution < -0.4 is 29.6 Å². The van der Waals surface area contributed by atoms with Gasteiger partial charge in [0.05, 0.1) is 5.25 Å². The van der Waals surface area contributed by atoms with Gasteiger partial charge in [-0.1, -0.05) is 78.9 Å². The Morgan fingerprint density at radius 2 is 1.07 bits per heavy atom. The molecule has 3 rings (SSSR count). The molecule has 0 bridgehead atoms. The Labute approximate surface area is 195 Å². The van der Waals surface area contributed by atoms with Gasteiger partial charge in [-0.15, -0.1) is 11.8 Å². The minimum atomic E-state index is -5.84. The SMILES string of the molecule is O=S(=O)(O)C(F)(F)F.[H-].[Na+].c1ccc(SC(c2ccccc2)c2ccccc2)cc1. The molecule has 3 aromatic rings. The molecule has 0 heterocycles. The fraction of sp³-hybridized carbons (Fsp3) is 0.100. The van der Waals surface area contributed by atoms with Gasteiger partial charge in [0.1, 0.15) is 0 Å². The van der Waals surface area contributed by atoms with E-state index in [1.165, 1.54) is 16.0 Å². The number of halogens is 3. The van der Waals surface area contributed by atoms with Crippen molar-refractivity contribution in [1.82, 2.24) is 0 Å².